The van der Waals surface area contributed by atoms with Gasteiger partial charge in [0.05, 0.1) is 17.2 Å². The van der Waals surface area contributed by atoms with Crippen LogP contribution in [0.2, 0.25) is 0 Å². The van der Waals surface area contributed by atoms with E-state index in [0.717, 1.165) is 19.4 Å². The van der Waals surface area contributed by atoms with Gasteiger partial charge in [-0.15, -0.1) is 0 Å². The average molecular weight is 240 g/mol. The number of likely N-dealkylation sites (N-methyl/N-ethyl adjacent to an activating group) is 1. The molecule has 2 heterocycles. The Kier molecular flexibility index (Phi) is 2.99. The minimum absolute atomic E-state index is 0.0261. The van der Waals surface area contributed by atoms with Crippen molar-refractivity contribution in [2.45, 2.75) is 63.8 Å². The fourth-order valence-electron chi connectivity index (χ4n) is 3.04. The molecule has 1 amide bonds. The summed E-state index contributed by atoms with van der Waals surface area (Å²) in [5.74, 6) is 0.213. The van der Waals surface area contributed by atoms with Crippen LogP contribution in [-0.4, -0.2) is 47.7 Å². The van der Waals surface area contributed by atoms with E-state index >= 15 is 0 Å². The molecule has 0 saturated carbocycles. The number of ether oxygens (including phenoxy) is 1. The summed E-state index contributed by atoms with van der Waals surface area (Å²) in [6.07, 6.45) is 1.86. The monoisotopic (exact) mass is 240 g/mol. The Labute approximate surface area is 104 Å². The molecule has 0 radical (unpaired) electrons. The van der Waals surface area contributed by atoms with Gasteiger partial charge in [0.15, 0.2) is 0 Å². The number of hydrogen-bond donors (Lipinski definition) is 1. The molecule has 2 unspecified atom stereocenters. The average Bonchev–Trinajstić information content (AvgIpc) is 2.56. The molecule has 2 aliphatic heterocycles. The summed E-state index contributed by atoms with van der Waals surface area (Å²) in [6.45, 7) is 9.27. The van der Waals surface area contributed by atoms with Crippen LogP contribution in [0.3, 0.4) is 0 Å². The largest absolute Gasteiger partial charge is 0.368 e. The minimum atomic E-state index is -0.203. The number of carbonyl (C=O) groups is 1. The highest BCUT2D eigenvalue weighted by Gasteiger charge is 2.47. The van der Waals surface area contributed by atoms with E-state index in [-0.39, 0.29) is 29.2 Å². The number of amides is 1. The second-order valence-corrected chi connectivity index (χ2v) is 6.49. The van der Waals surface area contributed by atoms with Crippen molar-refractivity contribution in [2.24, 2.45) is 0 Å². The van der Waals surface area contributed by atoms with Gasteiger partial charge in [0.2, 0.25) is 5.91 Å². The molecule has 17 heavy (non-hydrogen) atoms. The van der Waals surface area contributed by atoms with Crippen molar-refractivity contribution in [3.05, 3.63) is 0 Å². The van der Waals surface area contributed by atoms with Crippen LogP contribution in [0.25, 0.3) is 0 Å². The van der Waals surface area contributed by atoms with Gasteiger partial charge in [-0.2, -0.15) is 0 Å². The summed E-state index contributed by atoms with van der Waals surface area (Å²) in [5.41, 5.74) is -0.306. The van der Waals surface area contributed by atoms with Crippen molar-refractivity contribution in [3.8, 4) is 0 Å². The Morgan fingerprint density at radius 1 is 1.35 bits per heavy atom. The standard InChI is InChI=1S/C13H24N2O2/c1-12(2)8-10(13(3,4)17-12)14-9-6-7-15(5)11(9)16/h9-10,14H,6-8H2,1-5H3. The molecule has 2 rings (SSSR count). The number of likely N-dealkylation sites (tertiary alicyclic amines) is 1. The third-order valence-electron chi connectivity index (χ3n) is 3.90. The zero-order valence-corrected chi connectivity index (χ0v) is 11.5. The highest BCUT2D eigenvalue weighted by molar-refractivity contribution is 5.83. The summed E-state index contributed by atoms with van der Waals surface area (Å²) in [6, 6.07) is 0.222. The minimum Gasteiger partial charge on any atom is -0.368 e. The lowest BCUT2D eigenvalue weighted by Crippen LogP contribution is -2.50. The molecule has 0 aromatic rings. The molecule has 0 aliphatic carbocycles. The zero-order chi connectivity index (χ0) is 12.8. The Bertz CT molecular complexity index is 325. The first-order valence-electron chi connectivity index (χ1n) is 6.42. The van der Waals surface area contributed by atoms with Crippen LogP contribution in [0.4, 0.5) is 0 Å². The Balaban J connectivity index is 2.02. The van der Waals surface area contributed by atoms with Crippen molar-refractivity contribution in [1.29, 1.82) is 0 Å². The topological polar surface area (TPSA) is 41.6 Å². The quantitative estimate of drug-likeness (QED) is 0.787. The summed E-state index contributed by atoms with van der Waals surface area (Å²) < 4.78 is 6.03. The van der Waals surface area contributed by atoms with E-state index in [1.807, 2.05) is 7.05 Å². The van der Waals surface area contributed by atoms with Crippen LogP contribution in [0, 0.1) is 0 Å². The van der Waals surface area contributed by atoms with Crippen LogP contribution in [0.1, 0.15) is 40.5 Å². The maximum absolute atomic E-state index is 11.9. The van der Waals surface area contributed by atoms with Crippen LogP contribution in [0.15, 0.2) is 0 Å². The smallest absolute Gasteiger partial charge is 0.239 e. The molecule has 1 N–H and O–H groups in total. The van der Waals surface area contributed by atoms with Crippen molar-refractivity contribution < 1.29 is 9.53 Å². The molecule has 2 fully saturated rings. The number of carbonyl (C=O) groups excluding carboxylic acids is 1. The molecule has 98 valence electrons. The van der Waals surface area contributed by atoms with E-state index in [1.54, 1.807) is 4.90 Å². The molecule has 0 bridgehead atoms. The van der Waals surface area contributed by atoms with Gasteiger partial charge in [0, 0.05) is 19.6 Å². The molecule has 4 nitrogen and oxygen atoms in total. The van der Waals surface area contributed by atoms with E-state index in [0.29, 0.717) is 0 Å². The molecule has 0 spiro atoms. The summed E-state index contributed by atoms with van der Waals surface area (Å²) >= 11 is 0. The second kappa shape index (κ2) is 3.95. The summed E-state index contributed by atoms with van der Waals surface area (Å²) in [7, 11) is 1.87. The van der Waals surface area contributed by atoms with Crippen molar-refractivity contribution in [3.63, 3.8) is 0 Å². The van der Waals surface area contributed by atoms with Gasteiger partial charge in [-0.3, -0.25) is 4.79 Å². The molecule has 2 saturated heterocycles. The SMILES string of the molecule is CN1CCC(NC2CC(C)(C)OC2(C)C)C1=O. The van der Waals surface area contributed by atoms with Crippen molar-refractivity contribution >= 4 is 5.91 Å². The predicted octanol–water partition coefficient (Wildman–Crippen LogP) is 1.15. The van der Waals surface area contributed by atoms with E-state index in [2.05, 4.69) is 33.0 Å². The molecule has 2 atom stereocenters. The maximum atomic E-state index is 11.9. The predicted molar refractivity (Wildman–Crippen MR) is 66.8 cm³/mol. The zero-order valence-electron chi connectivity index (χ0n) is 11.5. The Morgan fingerprint density at radius 2 is 2.00 bits per heavy atom. The van der Waals surface area contributed by atoms with Crippen LogP contribution in [-0.2, 0) is 9.53 Å². The number of nitrogens with one attached hydrogen (secondary N) is 1. The molecular formula is C13H24N2O2. The normalized spacial score (nSPS) is 35.6. The first-order chi connectivity index (χ1) is 7.71. The lowest BCUT2D eigenvalue weighted by atomic mass is 9.93. The van der Waals surface area contributed by atoms with E-state index in [9.17, 15) is 4.79 Å². The van der Waals surface area contributed by atoms with Crippen LogP contribution >= 0.6 is 0 Å². The van der Waals surface area contributed by atoms with E-state index in [1.165, 1.54) is 0 Å². The highest BCUT2D eigenvalue weighted by Crippen LogP contribution is 2.37. The third-order valence-corrected chi connectivity index (χ3v) is 3.90. The first kappa shape index (κ1) is 12.8. The summed E-state index contributed by atoms with van der Waals surface area (Å²) in [5, 5.41) is 3.49. The lowest BCUT2D eigenvalue weighted by molar-refractivity contribution is -0.128. The van der Waals surface area contributed by atoms with Gasteiger partial charge in [-0.25, -0.2) is 0 Å². The number of hydrogen-bond acceptors (Lipinski definition) is 3. The van der Waals surface area contributed by atoms with Gasteiger partial charge in [-0.05, 0) is 40.5 Å². The van der Waals surface area contributed by atoms with Crippen molar-refractivity contribution in [2.75, 3.05) is 13.6 Å². The molecule has 0 aromatic carbocycles. The second-order valence-electron chi connectivity index (χ2n) is 6.49. The van der Waals surface area contributed by atoms with Gasteiger partial charge < -0.3 is 15.0 Å². The van der Waals surface area contributed by atoms with Crippen molar-refractivity contribution in [1.82, 2.24) is 10.2 Å². The van der Waals surface area contributed by atoms with Crippen LogP contribution < -0.4 is 5.32 Å². The van der Waals surface area contributed by atoms with Gasteiger partial charge in [-0.1, -0.05) is 0 Å². The summed E-state index contributed by atoms with van der Waals surface area (Å²) in [4.78, 5) is 13.7. The van der Waals surface area contributed by atoms with Gasteiger partial charge in [0.25, 0.3) is 0 Å². The molecular weight excluding hydrogens is 216 g/mol. The maximum Gasteiger partial charge on any atom is 0.239 e. The molecule has 2 aliphatic rings. The Hall–Kier alpha value is -0.610. The molecule has 0 aromatic heterocycles. The van der Waals surface area contributed by atoms with E-state index in [4.69, 9.17) is 4.74 Å². The lowest BCUT2D eigenvalue weighted by Gasteiger charge is -2.29. The fourth-order valence-corrected chi connectivity index (χ4v) is 3.04. The van der Waals surface area contributed by atoms with Gasteiger partial charge in [0.1, 0.15) is 0 Å². The fraction of sp³-hybridized carbons (Fsp3) is 0.923. The number of rotatable bonds is 2. The highest BCUT2D eigenvalue weighted by atomic mass is 16.5. The van der Waals surface area contributed by atoms with Crippen LogP contribution in [0.5, 0.6) is 0 Å². The molecule has 4 heteroatoms. The van der Waals surface area contributed by atoms with E-state index < -0.39 is 0 Å². The third kappa shape index (κ3) is 2.47. The number of nitrogens with zero attached hydrogens (tertiary/aromatic N) is 1. The Morgan fingerprint density at radius 3 is 2.41 bits per heavy atom. The first-order valence-corrected chi connectivity index (χ1v) is 6.42. The van der Waals surface area contributed by atoms with Gasteiger partial charge >= 0.3 is 0 Å².